The molecule has 27 heavy (non-hydrogen) atoms. The minimum Gasteiger partial charge on any atom is -0.502 e. The largest absolute Gasteiger partial charge is 0.502 e. The molecule has 140 valence electrons. The molecule has 1 amide bonds. The van der Waals surface area contributed by atoms with E-state index in [0.717, 1.165) is 5.56 Å². The monoisotopic (exact) mass is 404 g/mol. The summed E-state index contributed by atoms with van der Waals surface area (Å²) in [6, 6.07) is 12.3. The second-order valence-electron chi connectivity index (χ2n) is 6.16. The van der Waals surface area contributed by atoms with E-state index in [0.29, 0.717) is 40.3 Å². The van der Waals surface area contributed by atoms with Gasteiger partial charge in [0.25, 0.3) is 11.5 Å². The molecular weight excluding hydrogens is 387 g/mol. The predicted octanol–water partition coefficient (Wildman–Crippen LogP) is 3.91. The fourth-order valence-electron chi connectivity index (χ4n) is 3.04. The van der Waals surface area contributed by atoms with Gasteiger partial charge in [-0.1, -0.05) is 47.5 Å². The van der Waals surface area contributed by atoms with Crippen LogP contribution in [0.5, 0.6) is 5.75 Å². The Hall–Kier alpha value is -2.50. The van der Waals surface area contributed by atoms with Crippen LogP contribution in [0.25, 0.3) is 10.9 Å². The van der Waals surface area contributed by atoms with Crippen LogP contribution in [0.1, 0.15) is 22.3 Å². The number of para-hydroxylation sites is 1. The number of aromatic nitrogens is 1. The number of hydrogen-bond donors (Lipinski definition) is 2. The molecule has 0 aliphatic carbocycles. The molecule has 2 aromatic carbocycles. The van der Waals surface area contributed by atoms with Gasteiger partial charge in [0.15, 0.2) is 5.75 Å². The number of nitrogens with one attached hydrogen (secondary N) is 1. The molecule has 0 atom stereocenters. The van der Waals surface area contributed by atoms with Crippen LogP contribution in [-0.2, 0) is 13.5 Å². The first-order chi connectivity index (χ1) is 12.9. The number of nitrogens with zero attached hydrogens (tertiary/aromatic N) is 1. The molecule has 1 aromatic heterocycles. The van der Waals surface area contributed by atoms with Crippen LogP contribution in [0.3, 0.4) is 0 Å². The minimum atomic E-state index is -0.610. The molecule has 0 saturated carbocycles. The molecule has 3 rings (SSSR count). The lowest BCUT2D eigenvalue weighted by Gasteiger charge is -2.13. The molecule has 0 spiro atoms. The van der Waals surface area contributed by atoms with Crippen molar-refractivity contribution in [3.05, 3.63) is 74.0 Å². The molecule has 0 fully saturated rings. The number of carbonyl (C=O) groups excluding carboxylic acids is 1. The quantitative estimate of drug-likeness (QED) is 0.633. The van der Waals surface area contributed by atoms with Crippen LogP contribution in [-0.4, -0.2) is 22.1 Å². The van der Waals surface area contributed by atoms with Crippen LogP contribution in [0.2, 0.25) is 10.0 Å². The smallest absolute Gasteiger partial charge is 0.293 e. The number of aryl methyl sites for hydroxylation is 1. The molecule has 2 N–H and O–H groups in total. The Morgan fingerprint density at radius 3 is 2.48 bits per heavy atom. The van der Waals surface area contributed by atoms with Crippen molar-refractivity contribution in [3.63, 3.8) is 0 Å². The highest BCUT2D eigenvalue weighted by molar-refractivity contribution is 6.36. The topological polar surface area (TPSA) is 71.3 Å². The second kappa shape index (κ2) is 8.03. The lowest BCUT2D eigenvalue weighted by atomic mass is 10.1. The summed E-state index contributed by atoms with van der Waals surface area (Å²) in [6.07, 6.45) is 1.21. The van der Waals surface area contributed by atoms with Gasteiger partial charge in [0.05, 0.1) is 11.1 Å². The number of fused-ring (bicyclic) bond motifs is 1. The van der Waals surface area contributed by atoms with Crippen LogP contribution in [0.15, 0.2) is 47.3 Å². The maximum atomic E-state index is 12.6. The van der Waals surface area contributed by atoms with Gasteiger partial charge in [-0.15, -0.1) is 0 Å². The minimum absolute atomic E-state index is 0.00974. The van der Waals surface area contributed by atoms with Gasteiger partial charge in [0.1, 0.15) is 0 Å². The molecule has 0 unspecified atom stereocenters. The van der Waals surface area contributed by atoms with Crippen molar-refractivity contribution in [1.82, 2.24) is 9.88 Å². The molecular formula is C20H18Cl2N2O3. The Bertz CT molecular complexity index is 1060. The van der Waals surface area contributed by atoms with E-state index in [1.165, 1.54) is 4.57 Å². The van der Waals surface area contributed by atoms with Gasteiger partial charge >= 0.3 is 0 Å². The van der Waals surface area contributed by atoms with Gasteiger partial charge in [-0.05, 0) is 36.6 Å². The van der Waals surface area contributed by atoms with Crippen molar-refractivity contribution in [1.29, 1.82) is 0 Å². The summed E-state index contributed by atoms with van der Waals surface area (Å²) in [5, 5.41) is 14.7. The highest BCUT2D eigenvalue weighted by Gasteiger charge is 2.20. The summed E-state index contributed by atoms with van der Waals surface area (Å²) in [5.41, 5.74) is 0.788. The Kier molecular flexibility index (Phi) is 5.73. The first-order valence-electron chi connectivity index (χ1n) is 8.43. The van der Waals surface area contributed by atoms with E-state index in [-0.39, 0.29) is 5.56 Å². The zero-order valence-electron chi connectivity index (χ0n) is 14.6. The highest BCUT2D eigenvalue weighted by atomic mass is 35.5. The lowest BCUT2D eigenvalue weighted by Crippen LogP contribution is -2.28. The number of hydrogen-bond acceptors (Lipinski definition) is 3. The van der Waals surface area contributed by atoms with E-state index >= 15 is 0 Å². The molecule has 1 heterocycles. The third kappa shape index (κ3) is 3.80. The SMILES string of the molecule is Cn1c(=O)c(O)c(C(=O)NCCCc2c(Cl)cccc2Cl)c2ccccc21. The summed E-state index contributed by atoms with van der Waals surface area (Å²) < 4.78 is 1.32. The average molecular weight is 405 g/mol. The van der Waals surface area contributed by atoms with E-state index < -0.39 is 17.2 Å². The summed E-state index contributed by atoms with van der Waals surface area (Å²) in [4.78, 5) is 24.8. The number of amides is 1. The van der Waals surface area contributed by atoms with E-state index in [2.05, 4.69) is 5.32 Å². The number of aromatic hydroxyl groups is 1. The van der Waals surface area contributed by atoms with Crippen molar-refractivity contribution in [2.75, 3.05) is 6.54 Å². The Morgan fingerprint density at radius 2 is 1.78 bits per heavy atom. The van der Waals surface area contributed by atoms with E-state index in [1.54, 1.807) is 49.5 Å². The van der Waals surface area contributed by atoms with Gasteiger partial charge in [0, 0.05) is 29.0 Å². The number of halogens is 2. The third-order valence-electron chi connectivity index (χ3n) is 4.46. The maximum absolute atomic E-state index is 12.6. The number of pyridine rings is 1. The zero-order chi connectivity index (χ0) is 19.6. The van der Waals surface area contributed by atoms with Gasteiger partial charge in [0.2, 0.25) is 0 Å². The van der Waals surface area contributed by atoms with Crippen molar-refractivity contribution in [2.45, 2.75) is 12.8 Å². The highest BCUT2D eigenvalue weighted by Crippen LogP contribution is 2.26. The Morgan fingerprint density at radius 1 is 1.11 bits per heavy atom. The van der Waals surface area contributed by atoms with Gasteiger partial charge < -0.3 is 15.0 Å². The first kappa shape index (κ1) is 19.3. The zero-order valence-corrected chi connectivity index (χ0v) is 16.1. The molecule has 0 aliphatic rings. The predicted molar refractivity (Wildman–Crippen MR) is 108 cm³/mol. The average Bonchev–Trinajstić information content (AvgIpc) is 2.65. The molecule has 3 aromatic rings. The van der Waals surface area contributed by atoms with Gasteiger partial charge in [-0.25, -0.2) is 0 Å². The number of rotatable bonds is 5. The van der Waals surface area contributed by atoms with Crippen LogP contribution < -0.4 is 10.9 Å². The van der Waals surface area contributed by atoms with E-state index in [4.69, 9.17) is 23.2 Å². The van der Waals surface area contributed by atoms with Crippen molar-refractivity contribution >= 4 is 40.0 Å². The lowest BCUT2D eigenvalue weighted by molar-refractivity contribution is 0.0952. The first-order valence-corrected chi connectivity index (χ1v) is 9.19. The third-order valence-corrected chi connectivity index (χ3v) is 5.16. The molecule has 0 bridgehead atoms. The Balaban J connectivity index is 1.77. The molecule has 0 saturated heterocycles. The van der Waals surface area contributed by atoms with E-state index in [1.807, 2.05) is 0 Å². The molecule has 5 nitrogen and oxygen atoms in total. The summed E-state index contributed by atoms with van der Waals surface area (Å²) >= 11 is 12.3. The van der Waals surface area contributed by atoms with Gasteiger partial charge in [-0.3, -0.25) is 9.59 Å². The summed E-state index contributed by atoms with van der Waals surface area (Å²) in [6.45, 7) is 0.351. The standard InChI is InChI=1S/C20H18Cl2N2O3/c1-24-16-10-3-2-6-13(16)17(18(25)20(24)27)19(26)23-11-5-7-12-14(21)8-4-9-15(12)22/h2-4,6,8-10,25H,5,7,11H2,1H3,(H,23,26). The van der Waals surface area contributed by atoms with Gasteiger partial charge in [-0.2, -0.15) is 0 Å². The van der Waals surface area contributed by atoms with Crippen molar-refractivity contribution < 1.29 is 9.90 Å². The van der Waals surface area contributed by atoms with Crippen LogP contribution in [0, 0.1) is 0 Å². The number of carbonyl (C=O) groups is 1. The summed E-state index contributed by atoms with van der Waals surface area (Å²) in [5.74, 6) is -1.05. The molecule has 0 aliphatic heterocycles. The number of benzene rings is 2. The van der Waals surface area contributed by atoms with Crippen LogP contribution in [0.4, 0.5) is 0 Å². The molecule has 7 heteroatoms. The van der Waals surface area contributed by atoms with Crippen molar-refractivity contribution in [2.24, 2.45) is 7.05 Å². The van der Waals surface area contributed by atoms with Crippen LogP contribution >= 0.6 is 23.2 Å². The van der Waals surface area contributed by atoms with E-state index in [9.17, 15) is 14.7 Å². The van der Waals surface area contributed by atoms with Crippen molar-refractivity contribution in [3.8, 4) is 5.75 Å². The maximum Gasteiger partial charge on any atom is 0.293 e. The fourth-order valence-corrected chi connectivity index (χ4v) is 3.62. The normalized spacial score (nSPS) is 10.9. The summed E-state index contributed by atoms with van der Waals surface area (Å²) in [7, 11) is 1.55. The fraction of sp³-hybridized carbons (Fsp3) is 0.200. The second-order valence-corrected chi connectivity index (χ2v) is 6.98. The molecule has 0 radical (unpaired) electrons. The Labute approximate surface area is 166 Å².